The van der Waals surface area contributed by atoms with Crippen molar-refractivity contribution in [3.8, 4) is 5.75 Å². The van der Waals surface area contributed by atoms with Gasteiger partial charge in [-0.05, 0) is 31.4 Å². The van der Waals surface area contributed by atoms with Gasteiger partial charge in [0.05, 0.1) is 5.69 Å². The van der Waals surface area contributed by atoms with Gasteiger partial charge in [-0.2, -0.15) is 0 Å². The third-order valence-corrected chi connectivity index (χ3v) is 3.63. The first kappa shape index (κ1) is 16.8. The van der Waals surface area contributed by atoms with E-state index < -0.39 is 29.4 Å². The molecule has 1 aromatic rings. The number of carboxylic acid groups (broad SMARTS) is 1. The van der Waals surface area contributed by atoms with Crippen molar-refractivity contribution < 1.29 is 24.2 Å². The lowest BCUT2D eigenvalue weighted by atomic mass is 9.99. The summed E-state index contributed by atoms with van der Waals surface area (Å²) in [7, 11) is 0. The van der Waals surface area contributed by atoms with Gasteiger partial charge in [-0.3, -0.25) is 9.59 Å². The van der Waals surface area contributed by atoms with Gasteiger partial charge in [-0.25, -0.2) is 4.79 Å². The maximum absolute atomic E-state index is 12.5. The van der Waals surface area contributed by atoms with E-state index in [9.17, 15) is 19.5 Å². The number of carbonyl (C=O) groups is 3. The molecule has 1 heterocycles. The Balaban J connectivity index is 2.20. The molecule has 2 amide bonds. The first-order chi connectivity index (χ1) is 10.7. The summed E-state index contributed by atoms with van der Waals surface area (Å²) >= 11 is 0. The highest BCUT2D eigenvalue weighted by atomic mass is 16.5. The number of hydrogen-bond acceptors (Lipinski definition) is 4. The smallest absolute Gasteiger partial charge is 0.326 e. The highest BCUT2D eigenvalue weighted by molar-refractivity contribution is 6.15. The normalized spacial score (nSPS) is 21.0. The van der Waals surface area contributed by atoms with Crippen molar-refractivity contribution in [2.45, 2.75) is 38.8 Å². The summed E-state index contributed by atoms with van der Waals surface area (Å²) in [6.45, 7) is 5.02. The van der Waals surface area contributed by atoms with Crippen LogP contribution in [0.25, 0.3) is 0 Å². The summed E-state index contributed by atoms with van der Waals surface area (Å²) in [5.41, 5.74) is -1.35. The van der Waals surface area contributed by atoms with Crippen LogP contribution in [0.3, 0.4) is 0 Å². The summed E-state index contributed by atoms with van der Waals surface area (Å²) in [5, 5.41) is 14.2. The Hall–Kier alpha value is -2.57. The van der Waals surface area contributed by atoms with Gasteiger partial charge in [0.2, 0.25) is 0 Å². The molecule has 0 fully saturated rings. The fourth-order valence-electron chi connectivity index (χ4n) is 2.31. The summed E-state index contributed by atoms with van der Waals surface area (Å²) in [4.78, 5) is 36.0. The first-order valence-electron chi connectivity index (χ1n) is 7.37. The van der Waals surface area contributed by atoms with Gasteiger partial charge in [0.1, 0.15) is 11.8 Å². The van der Waals surface area contributed by atoms with E-state index in [1.54, 1.807) is 24.3 Å². The van der Waals surface area contributed by atoms with Crippen LogP contribution in [-0.4, -0.2) is 34.5 Å². The Morgan fingerprint density at radius 1 is 1.35 bits per heavy atom. The van der Waals surface area contributed by atoms with E-state index in [2.05, 4.69) is 10.6 Å². The standard InChI is InChI=1S/C16H20N2O5/c1-9(2)8-11(13(19)20)18-15(22)16(3)14(21)17-10-6-4-5-7-12(10)23-16/h4-7,9,11H,8H2,1-3H3,(H,17,21)(H,18,22)(H,19,20). The second-order valence-corrected chi connectivity index (χ2v) is 6.08. The van der Waals surface area contributed by atoms with Gasteiger partial charge in [0.25, 0.3) is 17.4 Å². The van der Waals surface area contributed by atoms with Gasteiger partial charge in [0, 0.05) is 0 Å². The number of carbonyl (C=O) groups excluding carboxylic acids is 2. The average molecular weight is 320 g/mol. The molecule has 7 heteroatoms. The number of rotatable bonds is 5. The zero-order valence-corrected chi connectivity index (χ0v) is 13.3. The number of nitrogens with one attached hydrogen (secondary N) is 2. The van der Waals surface area contributed by atoms with Gasteiger partial charge in [-0.15, -0.1) is 0 Å². The average Bonchev–Trinajstić information content (AvgIpc) is 2.47. The number of benzene rings is 1. The summed E-state index contributed by atoms with van der Waals surface area (Å²) in [6, 6.07) is 5.65. The molecule has 0 bridgehead atoms. The minimum atomic E-state index is -1.82. The summed E-state index contributed by atoms with van der Waals surface area (Å²) < 4.78 is 5.56. The van der Waals surface area contributed by atoms with E-state index >= 15 is 0 Å². The minimum Gasteiger partial charge on any atom is -0.480 e. The Bertz CT molecular complexity index is 643. The van der Waals surface area contributed by atoms with Crippen molar-refractivity contribution in [1.29, 1.82) is 0 Å². The molecule has 0 saturated carbocycles. The van der Waals surface area contributed by atoms with Crippen LogP contribution in [0.2, 0.25) is 0 Å². The molecule has 3 N–H and O–H groups in total. The topological polar surface area (TPSA) is 105 Å². The van der Waals surface area contributed by atoms with Crippen LogP contribution in [0.4, 0.5) is 5.69 Å². The zero-order chi connectivity index (χ0) is 17.2. The summed E-state index contributed by atoms with van der Waals surface area (Å²) in [5.74, 6) is -2.13. The molecule has 23 heavy (non-hydrogen) atoms. The van der Waals surface area contributed by atoms with Crippen LogP contribution < -0.4 is 15.4 Å². The summed E-state index contributed by atoms with van der Waals surface area (Å²) in [6.07, 6.45) is 0.259. The van der Waals surface area contributed by atoms with Crippen molar-refractivity contribution in [3.63, 3.8) is 0 Å². The zero-order valence-electron chi connectivity index (χ0n) is 13.3. The highest BCUT2D eigenvalue weighted by Crippen LogP contribution is 2.33. The molecule has 0 aromatic heterocycles. The SMILES string of the molecule is CC(C)CC(NC(=O)C1(C)Oc2ccccc2NC1=O)C(=O)O. The Labute approximate surface area is 134 Å². The van der Waals surface area contributed by atoms with Crippen molar-refractivity contribution in [2.24, 2.45) is 5.92 Å². The Kier molecular flexibility index (Phi) is 4.58. The monoisotopic (exact) mass is 320 g/mol. The molecule has 1 aromatic carbocycles. The fraction of sp³-hybridized carbons (Fsp3) is 0.438. The van der Waals surface area contributed by atoms with Gasteiger partial charge in [0.15, 0.2) is 0 Å². The molecule has 2 rings (SSSR count). The fourth-order valence-corrected chi connectivity index (χ4v) is 2.31. The van der Waals surface area contributed by atoms with E-state index in [0.717, 1.165) is 0 Å². The lowest BCUT2D eigenvalue weighted by Crippen LogP contribution is -2.61. The Morgan fingerprint density at radius 2 is 2.00 bits per heavy atom. The Morgan fingerprint density at radius 3 is 2.61 bits per heavy atom. The number of hydrogen-bond donors (Lipinski definition) is 3. The quantitative estimate of drug-likeness (QED) is 0.711. The number of amides is 2. The highest BCUT2D eigenvalue weighted by Gasteiger charge is 2.48. The van der Waals surface area contributed by atoms with E-state index in [1.165, 1.54) is 6.92 Å². The van der Waals surface area contributed by atoms with Crippen molar-refractivity contribution >= 4 is 23.5 Å². The van der Waals surface area contributed by atoms with Crippen LogP contribution in [-0.2, 0) is 14.4 Å². The van der Waals surface area contributed by atoms with Crippen LogP contribution in [0.5, 0.6) is 5.75 Å². The van der Waals surface area contributed by atoms with Crippen LogP contribution in [0, 0.1) is 5.92 Å². The number of aliphatic carboxylic acids is 1. The molecule has 1 aliphatic heterocycles. The van der Waals surface area contributed by atoms with Gasteiger partial charge in [-0.1, -0.05) is 26.0 Å². The molecule has 1 aliphatic rings. The number of fused-ring (bicyclic) bond motifs is 1. The molecule has 2 unspecified atom stereocenters. The minimum absolute atomic E-state index is 0.0750. The second-order valence-electron chi connectivity index (χ2n) is 6.08. The number of para-hydroxylation sites is 2. The van der Waals surface area contributed by atoms with E-state index in [1.807, 2.05) is 13.8 Å². The molecule has 0 spiro atoms. The largest absolute Gasteiger partial charge is 0.480 e. The first-order valence-corrected chi connectivity index (χ1v) is 7.37. The third kappa shape index (κ3) is 3.44. The van der Waals surface area contributed by atoms with Crippen LogP contribution >= 0.6 is 0 Å². The molecule has 124 valence electrons. The van der Waals surface area contributed by atoms with Crippen molar-refractivity contribution in [1.82, 2.24) is 5.32 Å². The molecule has 7 nitrogen and oxygen atoms in total. The van der Waals surface area contributed by atoms with E-state index in [-0.39, 0.29) is 12.3 Å². The van der Waals surface area contributed by atoms with Crippen LogP contribution in [0.15, 0.2) is 24.3 Å². The molecule has 0 radical (unpaired) electrons. The van der Waals surface area contributed by atoms with Crippen molar-refractivity contribution in [2.75, 3.05) is 5.32 Å². The lowest BCUT2D eigenvalue weighted by Gasteiger charge is -2.34. The second kappa shape index (κ2) is 6.28. The third-order valence-electron chi connectivity index (χ3n) is 3.63. The molecular weight excluding hydrogens is 300 g/mol. The molecule has 0 aliphatic carbocycles. The molecule has 0 saturated heterocycles. The number of anilines is 1. The van der Waals surface area contributed by atoms with E-state index in [4.69, 9.17) is 4.74 Å². The molecule has 2 atom stereocenters. The lowest BCUT2D eigenvalue weighted by molar-refractivity contribution is -0.151. The van der Waals surface area contributed by atoms with Crippen molar-refractivity contribution in [3.05, 3.63) is 24.3 Å². The maximum Gasteiger partial charge on any atom is 0.326 e. The van der Waals surface area contributed by atoms with E-state index in [0.29, 0.717) is 11.4 Å². The predicted molar refractivity (Wildman–Crippen MR) is 83.1 cm³/mol. The predicted octanol–water partition coefficient (Wildman–Crippen LogP) is 1.39. The molecular formula is C16H20N2O5. The van der Waals surface area contributed by atoms with Crippen LogP contribution in [0.1, 0.15) is 27.2 Å². The maximum atomic E-state index is 12.5. The number of ether oxygens (including phenoxy) is 1. The van der Waals surface area contributed by atoms with Gasteiger partial charge < -0.3 is 20.5 Å². The van der Waals surface area contributed by atoms with Gasteiger partial charge >= 0.3 is 5.97 Å². The number of carboxylic acids is 1.